The molecule has 1 aliphatic heterocycles. The highest BCUT2D eigenvalue weighted by Gasteiger charge is 2.44. The molecule has 1 aromatic carbocycles. The minimum absolute atomic E-state index is 0.109. The van der Waals surface area contributed by atoms with Crippen LogP contribution in [0, 0.1) is 0 Å². The molecule has 3 aromatic rings. The molecule has 0 spiro atoms. The minimum atomic E-state index is -0.897. The summed E-state index contributed by atoms with van der Waals surface area (Å²) in [6, 6.07) is 10.1. The summed E-state index contributed by atoms with van der Waals surface area (Å²) in [6.07, 6.45) is 3.54. The van der Waals surface area contributed by atoms with Crippen LogP contribution >= 0.6 is 0 Å². The van der Waals surface area contributed by atoms with Gasteiger partial charge in [-0.2, -0.15) is 9.97 Å². The molecule has 164 valence electrons. The molecular weight excluding hydrogens is 398 g/mol. The van der Waals surface area contributed by atoms with E-state index in [0.717, 1.165) is 31.2 Å². The first-order valence-electron chi connectivity index (χ1n) is 10.8. The van der Waals surface area contributed by atoms with Gasteiger partial charge in [-0.05, 0) is 38.2 Å². The van der Waals surface area contributed by atoms with Crippen molar-refractivity contribution in [2.24, 2.45) is 0 Å². The van der Waals surface area contributed by atoms with Crippen molar-refractivity contribution in [2.45, 2.75) is 69.9 Å². The molecule has 1 saturated carbocycles. The number of ether oxygens (including phenoxy) is 3. The number of anilines is 1. The van der Waals surface area contributed by atoms with Gasteiger partial charge in [0.2, 0.25) is 0 Å². The van der Waals surface area contributed by atoms with Gasteiger partial charge in [0.1, 0.15) is 18.3 Å². The van der Waals surface area contributed by atoms with E-state index in [2.05, 4.69) is 15.0 Å². The highest BCUT2D eigenvalue weighted by atomic mass is 16.6. The molecule has 0 radical (unpaired) electrons. The number of nitrogens with two attached hydrogens (primary N) is 1. The largest absolute Gasteiger partial charge is 0.460 e. The standard InChI is InChI=1S/C22H27N5O4/c1-13-18(29-11-14-7-3-2-4-8-14)17(28)21(30-13)27-12-24-16-19(23)25-22(26-20(16)27)31-15-9-5-6-10-15/h2-4,7-8,12-13,15,17-18,21,28H,5-6,9-11H2,1H3,(H2,23,25,26)/t13-,17-,18-,21-/m1/s1. The van der Waals surface area contributed by atoms with Gasteiger partial charge in [0.05, 0.1) is 19.0 Å². The maximum Gasteiger partial charge on any atom is 0.320 e. The van der Waals surface area contributed by atoms with E-state index in [9.17, 15) is 5.11 Å². The number of hydrogen-bond donors (Lipinski definition) is 2. The molecule has 0 amide bonds. The molecule has 1 aliphatic carbocycles. The van der Waals surface area contributed by atoms with Gasteiger partial charge >= 0.3 is 6.01 Å². The third-order valence-corrected chi connectivity index (χ3v) is 6.01. The van der Waals surface area contributed by atoms with Crippen LogP contribution in [0.25, 0.3) is 11.2 Å². The lowest BCUT2D eigenvalue weighted by atomic mass is 10.1. The molecule has 31 heavy (non-hydrogen) atoms. The average Bonchev–Trinajstić information content (AvgIpc) is 3.48. The summed E-state index contributed by atoms with van der Waals surface area (Å²) in [4.78, 5) is 13.1. The summed E-state index contributed by atoms with van der Waals surface area (Å²) in [5, 5.41) is 11.0. The second-order valence-corrected chi connectivity index (χ2v) is 8.22. The zero-order valence-corrected chi connectivity index (χ0v) is 17.4. The normalized spacial score (nSPS) is 26.6. The minimum Gasteiger partial charge on any atom is -0.460 e. The Kier molecular flexibility index (Phi) is 5.47. The molecule has 1 saturated heterocycles. The van der Waals surface area contributed by atoms with Crippen LogP contribution < -0.4 is 10.5 Å². The first-order valence-corrected chi connectivity index (χ1v) is 10.8. The Morgan fingerprint density at radius 2 is 1.97 bits per heavy atom. The van der Waals surface area contributed by atoms with E-state index in [1.165, 1.54) is 0 Å². The van der Waals surface area contributed by atoms with Crippen molar-refractivity contribution in [3.63, 3.8) is 0 Å². The van der Waals surface area contributed by atoms with Crippen molar-refractivity contribution in [1.29, 1.82) is 0 Å². The number of imidazole rings is 1. The molecule has 9 nitrogen and oxygen atoms in total. The van der Waals surface area contributed by atoms with Crippen LogP contribution in [-0.2, 0) is 16.1 Å². The van der Waals surface area contributed by atoms with Gasteiger partial charge in [-0.15, -0.1) is 0 Å². The number of rotatable bonds is 6. The van der Waals surface area contributed by atoms with Crippen LogP contribution in [0.3, 0.4) is 0 Å². The molecule has 9 heteroatoms. The molecule has 2 aliphatic rings. The van der Waals surface area contributed by atoms with Gasteiger partial charge in [0.25, 0.3) is 0 Å². The van der Waals surface area contributed by atoms with Gasteiger partial charge in [-0.1, -0.05) is 30.3 Å². The fourth-order valence-corrected chi connectivity index (χ4v) is 4.36. The smallest absolute Gasteiger partial charge is 0.320 e. The molecule has 3 heterocycles. The number of nitrogens with zero attached hydrogens (tertiary/aromatic N) is 4. The predicted octanol–water partition coefficient (Wildman–Crippen LogP) is 2.59. The maximum absolute atomic E-state index is 11.0. The van der Waals surface area contributed by atoms with Crippen LogP contribution in [0.2, 0.25) is 0 Å². The Bertz CT molecular complexity index is 1040. The summed E-state index contributed by atoms with van der Waals surface area (Å²) in [5.74, 6) is 0.245. The molecular formula is C22H27N5O4. The summed E-state index contributed by atoms with van der Waals surface area (Å²) in [5.41, 5.74) is 8.07. The summed E-state index contributed by atoms with van der Waals surface area (Å²) >= 11 is 0. The van der Waals surface area contributed by atoms with Crippen molar-refractivity contribution in [3.05, 3.63) is 42.2 Å². The molecule has 0 unspecified atom stereocenters. The van der Waals surface area contributed by atoms with E-state index in [1.807, 2.05) is 37.3 Å². The Hall–Kier alpha value is -2.75. The van der Waals surface area contributed by atoms with Crippen LogP contribution in [0.4, 0.5) is 5.82 Å². The molecule has 4 atom stereocenters. The Labute approximate surface area is 180 Å². The van der Waals surface area contributed by atoms with Gasteiger partial charge < -0.3 is 25.1 Å². The van der Waals surface area contributed by atoms with Crippen molar-refractivity contribution in [2.75, 3.05) is 5.73 Å². The van der Waals surface area contributed by atoms with E-state index >= 15 is 0 Å². The van der Waals surface area contributed by atoms with Crippen LogP contribution in [-0.4, -0.2) is 49.0 Å². The number of aliphatic hydroxyl groups excluding tert-OH is 1. The van der Waals surface area contributed by atoms with Gasteiger partial charge in [0.15, 0.2) is 23.2 Å². The van der Waals surface area contributed by atoms with Gasteiger partial charge in [-0.3, -0.25) is 4.57 Å². The SMILES string of the molecule is C[C@H]1O[C@@H](n2cnc3c(N)nc(OC4CCCC4)nc32)[C@H](O)[C@@H]1OCc1ccccc1. The second kappa shape index (κ2) is 8.41. The van der Waals surface area contributed by atoms with Crippen molar-refractivity contribution < 1.29 is 19.3 Å². The van der Waals surface area contributed by atoms with E-state index in [-0.39, 0.29) is 24.0 Å². The summed E-state index contributed by atoms with van der Waals surface area (Å²) < 4.78 is 19.7. The fourth-order valence-electron chi connectivity index (χ4n) is 4.36. The molecule has 0 bridgehead atoms. The first-order chi connectivity index (χ1) is 15.1. The highest BCUT2D eigenvalue weighted by molar-refractivity contribution is 5.82. The lowest BCUT2D eigenvalue weighted by Crippen LogP contribution is -2.33. The maximum atomic E-state index is 11.0. The molecule has 2 fully saturated rings. The topological polar surface area (TPSA) is 118 Å². The summed E-state index contributed by atoms with van der Waals surface area (Å²) in [6.45, 7) is 2.28. The Balaban J connectivity index is 1.37. The van der Waals surface area contributed by atoms with E-state index < -0.39 is 18.4 Å². The lowest BCUT2D eigenvalue weighted by Gasteiger charge is -2.20. The third kappa shape index (κ3) is 3.96. The van der Waals surface area contributed by atoms with E-state index in [4.69, 9.17) is 19.9 Å². The van der Waals surface area contributed by atoms with Crippen molar-refractivity contribution >= 4 is 17.0 Å². The monoisotopic (exact) mass is 425 g/mol. The predicted molar refractivity (Wildman–Crippen MR) is 113 cm³/mol. The number of aromatic nitrogens is 4. The van der Waals surface area contributed by atoms with Crippen molar-refractivity contribution in [3.8, 4) is 6.01 Å². The van der Waals surface area contributed by atoms with Crippen molar-refractivity contribution in [1.82, 2.24) is 19.5 Å². The van der Waals surface area contributed by atoms with Crippen LogP contribution in [0.1, 0.15) is 44.4 Å². The molecule has 2 aromatic heterocycles. The quantitative estimate of drug-likeness (QED) is 0.619. The average molecular weight is 425 g/mol. The van der Waals surface area contributed by atoms with Gasteiger partial charge in [-0.25, -0.2) is 4.98 Å². The number of nitrogen functional groups attached to an aromatic ring is 1. The van der Waals surface area contributed by atoms with Crippen LogP contribution in [0.5, 0.6) is 6.01 Å². The van der Waals surface area contributed by atoms with Gasteiger partial charge in [0, 0.05) is 0 Å². The zero-order chi connectivity index (χ0) is 21.4. The summed E-state index contributed by atoms with van der Waals surface area (Å²) in [7, 11) is 0. The number of hydrogen-bond acceptors (Lipinski definition) is 8. The Morgan fingerprint density at radius 1 is 1.19 bits per heavy atom. The number of aliphatic hydroxyl groups is 1. The van der Waals surface area contributed by atoms with E-state index in [1.54, 1.807) is 10.9 Å². The molecule has 5 rings (SSSR count). The zero-order valence-electron chi connectivity index (χ0n) is 17.4. The third-order valence-electron chi connectivity index (χ3n) is 6.01. The Morgan fingerprint density at radius 3 is 2.74 bits per heavy atom. The number of fused-ring (bicyclic) bond motifs is 1. The second-order valence-electron chi connectivity index (χ2n) is 8.22. The lowest BCUT2D eigenvalue weighted by molar-refractivity contribution is -0.0425. The van der Waals surface area contributed by atoms with Crippen LogP contribution in [0.15, 0.2) is 36.7 Å². The van der Waals surface area contributed by atoms with E-state index in [0.29, 0.717) is 17.8 Å². The first kappa shape index (κ1) is 20.2. The highest BCUT2D eigenvalue weighted by Crippen LogP contribution is 2.34. The number of benzene rings is 1. The molecule has 3 N–H and O–H groups in total. The fraction of sp³-hybridized carbons (Fsp3) is 0.500.